The summed E-state index contributed by atoms with van der Waals surface area (Å²) < 4.78 is 6.04. The van der Waals surface area contributed by atoms with Crippen LogP contribution in [0.15, 0.2) is 18.2 Å². The number of nitrogens with one attached hydrogen (secondary N) is 1. The zero-order valence-corrected chi connectivity index (χ0v) is 12.7. The minimum Gasteiger partial charge on any atom is -0.464 e. The van der Waals surface area contributed by atoms with E-state index >= 15 is 0 Å². The Bertz CT molecular complexity index is 398. The maximum Gasteiger partial charge on any atom is 0.328 e. The van der Waals surface area contributed by atoms with Crippen molar-refractivity contribution in [3.05, 3.63) is 26.8 Å². The van der Waals surface area contributed by atoms with Crippen molar-refractivity contribution in [1.29, 1.82) is 0 Å². The minimum atomic E-state index is -0.354. The fourth-order valence-electron chi connectivity index (χ4n) is 1.36. The highest BCUT2D eigenvalue weighted by Crippen LogP contribution is 2.25. The van der Waals surface area contributed by atoms with Crippen molar-refractivity contribution in [1.82, 2.24) is 0 Å². The van der Waals surface area contributed by atoms with Crippen molar-refractivity contribution in [3.63, 3.8) is 0 Å². The quantitative estimate of drug-likeness (QED) is 0.637. The van der Waals surface area contributed by atoms with Gasteiger partial charge in [-0.05, 0) is 54.1 Å². The van der Waals surface area contributed by atoms with E-state index < -0.39 is 0 Å². The monoisotopic (exact) mass is 367 g/mol. The molecule has 1 aromatic carbocycles. The molecule has 5 heteroatoms. The Morgan fingerprint density at radius 1 is 1.53 bits per heavy atom. The van der Waals surface area contributed by atoms with Crippen LogP contribution in [0.1, 0.15) is 20.3 Å². The van der Waals surface area contributed by atoms with E-state index in [4.69, 9.17) is 16.3 Å². The van der Waals surface area contributed by atoms with E-state index in [0.717, 1.165) is 9.26 Å². The first-order valence-corrected chi connectivity index (χ1v) is 6.92. The van der Waals surface area contributed by atoms with Crippen LogP contribution in [0.5, 0.6) is 0 Å². The predicted molar refractivity (Wildman–Crippen MR) is 78.5 cm³/mol. The Labute approximate surface area is 120 Å². The van der Waals surface area contributed by atoms with Crippen molar-refractivity contribution in [2.75, 3.05) is 11.9 Å². The van der Waals surface area contributed by atoms with Crippen LogP contribution in [0.3, 0.4) is 0 Å². The molecule has 0 amide bonds. The number of carbonyl (C=O) groups is 1. The van der Waals surface area contributed by atoms with E-state index in [1.54, 1.807) is 6.92 Å². The highest BCUT2D eigenvalue weighted by molar-refractivity contribution is 14.1. The molecule has 0 heterocycles. The molecule has 1 aromatic rings. The van der Waals surface area contributed by atoms with Crippen LogP contribution in [0, 0.1) is 3.57 Å². The molecule has 0 spiro atoms. The number of benzene rings is 1. The highest BCUT2D eigenvalue weighted by Gasteiger charge is 2.18. The molecular formula is C12H15ClINO2. The number of hydrogen-bond donors (Lipinski definition) is 1. The van der Waals surface area contributed by atoms with Gasteiger partial charge < -0.3 is 10.1 Å². The van der Waals surface area contributed by atoms with Crippen LogP contribution in [0.4, 0.5) is 5.69 Å². The normalized spacial score (nSPS) is 12.0. The fourth-order valence-corrected chi connectivity index (χ4v) is 2.28. The number of anilines is 1. The first-order valence-electron chi connectivity index (χ1n) is 5.46. The maximum atomic E-state index is 11.6. The second-order valence-corrected chi connectivity index (χ2v) is 5.13. The zero-order valence-electron chi connectivity index (χ0n) is 9.80. The van der Waals surface area contributed by atoms with E-state index in [-0.39, 0.29) is 12.0 Å². The van der Waals surface area contributed by atoms with Crippen molar-refractivity contribution < 1.29 is 9.53 Å². The molecule has 94 valence electrons. The lowest BCUT2D eigenvalue weighted by atomic mass is 10.2. The topological polar surface area (TPSA) is 38.3 Å². The molecular weight excluding hydrogens is 352 g/mol. The van der Waals surface area contributed by atoms with Gasteiger partial charge in [-0.25, -0.2) is 4.79 Å². The summed E-state index contributed by atoms with van der Waals surface area (Å²) in [5, 5.41) is 3.71. The number of rotatable bonds is 5. The number of esters is 1. The van der Waals surface area contributed by atoms with Crippen LogP contribution >= 0.6 is 34.2 Å². The van der Waals surface area contributed by atoms with Gasteiger partial charge in [-0.1, -0.05) is 18.5 Å². The molecule has 0 saturated heterocycles. The predicted octanol–water partition coefficient (Wildman–Crippen LogP) is 3.70. The summed E-state index contributed by atoms with van der Waals surface area (Å²) >= 11 is 8.28. The SMILES string of the molecule is CCOC(=O)C(CC)Nc1ccc(I)cc1Cl. The summed E-state index contributed by atoms with van der Waals surface area (Å²) in [6.07, 6.45) is 0.654. The molecule has 0 fully saturated rings. The van der Waals surface area contributed by atoms with Crippen LogP contribution < -0.4 is 5.32 Å². The van der Waals surface area contributed by atoms with Gasteiger partial charge in [0.2, 0.25) is 0 Å². The molecule has 0 radical (unpaired) electrons. The van der Waals surface area contributed by atoms with Crippen LogP contribution in [0.25, 0.3) is 0 Å². The lowest BCUT2D eigenvalue weighted by Gasteiger charge is -2.17. The molecule has 0 aliphatic rings. The van der Waals surface area contributed by atoms with Crippen LogP contribution in [-0.4, -0.2) is 18.6 Å². The number of halogens is 2. The zero-order chi connectivity index (χ0) is 12.8. The number of carbonyl (C=O) groups excluding carboxylic acids is 1. The average molecular weight is 368 g/mol. The molecule has 0 aliphatic carbocycles. The van der Waals surface area contributed by atoms with E-state index in [0.29, 0.717) is 18.1 Å². The van der Waals surface area contributed by atoms with Crippen molar-refractivity contribution in [2.24, 2.45) is 0 Å². The van der Waals surface area contributed by atoms with Gasteiger partial charge in [0.05, 0.1) is 17.3 Å². The standard InChI is InChI=1S/C12H15ClINO2/c1-3-10(12(16)17-4-2)15-11-6-5-8(14)7-9(11)13/h5-7,10,15H,3-4H2,1-2H3. The number of ether oxygens (including phenoxy) is 1. The summed E-state index contributed by atoms with van der Waals surface area (Å²) in [6, 6.07) is 5.30. The second-order valence-electron chi connectivity index (χ2n) is 3.48. The van der Waals surface area contributed by atoms with E-state index in [1.807, 2.05) is 25.1 Å². The minimum absolute atomic E-state index is 0.246. The summed E-state index contributed by atoms with van der Waals surface area (Å²) in [5.74, 6) is -0.246. The third-order valence-electron chi connectivity index (χ3n) is 2.24. The third-order valence-corrected chi connectivity index (χ3v) is 3.22. The van der Waals surface area contributed by atoms with Gasteiger partial charge in [-0.3, -0.25) is 0 Å². The highest BCUT2D eigenvalue weighted by atomic mass is 127. The lowest BCUT2D eigenvalue weighted by Crippen LogP contribution is -2.30. The maximum absolute atomic E-state index is 11.6. The molecule has 1 atom stereocenters. The molecule has 0 saturated carbocycles. The Kier molecular flexibility index (Phi) is 6.05. The van der Waals surface area contributed by atoms with Gasteiger partial charge in [0.15, 0.2) is 0 Å². The smallest absolute Gasteiger partial charge is 0.328 e. The van der Waals surface area contributed by atoms with Crippen molar-refractivity contribution >= 4 is 45.8 Å². The van der Waals surface area contributed by atoms with Gasteiger partial charge in [-0.2, -0.15) is 0 Å². The van der Waals surface area contributed by atoms with Crippen molar-refractivity contribution in [3.8, 4) is 0 Å². The fraction of sp³-hybridized carbons (Fsp3) is 0.417. The van der Waals surface area contributed by atoms with E-state index in [1.165, 1.54) is 0 Å². The van der Waals surface area contributed by atoms with Gasteiger partial charge in [-0.15, -0.1) is 0 Å². The van der Waals surface area contributed by atoms with Gasteiger partial charge >= 0.3 is 5.97 Å². The Morgan fingerprint density at radius 3 is 2.76 bits per heavy atom. The first kappa shape index (κ1) is 14.6. The first-order chi connectivity index (χ1) is 8.08. The lowest BCUT2D eigenvalue weighted by molar-refractivity contribution is -0.144. The average Bonchev–Trinajstić information content (AvgIpc) is 2.28. The Balaban J connectivity index is 2.77. The molecule has 17 heavy (non-hydrogen) atoms. The third kappa shape index (κ3) is 4.35. The number of hydrogen-bond acceptors (Lipinski definition) is 3. The van der Waals surface area contributed by atoms with E-state index in [2.05, 4.69) is 27.9 Å². The molecule has 1 rings (SSSR count). The van der Waals surface area contributed by atoms with E-state index in [9.17, 15) is 4.79 Å². The summed E-state index contributed by atoms with van der Waals surface area (Å²) in [7, 11) is 0. The molecule has 1 unspecified atom stereocenters. The van der Waals surface area contributed by atoms with Gasteiger partial charge in [0.1, 0.15) is 6.04 Å². The van der Waals surface area contributed by atoms with Gasteiger partial charge in [0.25, 0.3) is 0 Å². The Morgan fingerprint density at radius 2 is 2.24 bits per heavy atom. The molecule has 0 bridgehead atoms. The largest absolute Gasteiger partial charge is 0.464 e. The second kappa shape index (κ2) is 7.06. The van der Waals surface area contributed by atoms with Crippen molar-refractivity contribution in [2.45, 2.75) is 26.3 Å². The summed E-state index contributed by atoms with van der Waals surface area (Å²) in [5.41, 5.74) is 0.756. The van der Waals surface area contributed by atoms with Crippen LogP contribution in [0.2, 0.25) is 5.02 Å². The van der Waals surface area contributed by atoms with Gasteiger partial charge in [0, 0.05) is 3.57 Å². The summed E-state index contributed by atoms with van der Waals surface area (Å²) in [6.45, 7) is 4.11. The van der Waals surface area contributed by atoms with Crippen LogP contribution in [-0.2, 0) is 9.53 Å². The molecule has 0 aromatic heterocycles. The summed E-state index contributed by atoms with van der Waals surface area (Å²) in [4.78, 5) is 11.6. The molecule has 1 N–H and O–H groups in total. The Hall–Kier alpha value is -0.490. The molecule has 0 aliphatic heterocycles. The molecule has 3 nitrogen and oxygen atoms in total.